The Morgan fingerprint density at radius 1 is 1.12 bits per heavy atom. The van der Waals surface area contributed by atoms with E-state index in [1.165, 1.54) is 12.8 Å². The van der Waals surface area contributed by atoms with Gasteiger partial charge < -0.3 is 0 Å². The average molecular weight is 245 g/mol. The second-order valence-electron chi connectivity index (χ2n) is 4.88. The lowest BCUT2D eigenvalue weighted by molar-refractivity contribution is -0.123. The van der Waals surface area contributed by atoms with E-state index in [2.05, 4.69) is 0 Å². The number of ketones is 1. The molecule has 1 saturated heterocycles. The first-order valence-electron chi connectivity index (χ1n) is 6.02. The van der Waals surface area contributed by atoms with Crippen molar-refractivity contribution in [3.8, 4) is 0 Å². The Morgan fingerprint density at radius 3 is 2.25 bits per heavy atom. The Balaban J connectivity index is 1.80. The molecule has 0 aromatic rings. The van der Waals surface area contributed by atoms with Gasteiger partial charge in [-0.25, -0.2) is 8.42 Å². The van der Waals surface area contributed by atoms with E-state index in [1.54, 1.807) is 0 Å². The van der Waals surface area contributed by atoms with Gasteiger partial charge >= 0.3 is 0 Å². The van der Waals surface area contributed by atoms with E-state index in [1.807, 2.05) is 4.90 Å². The van der Waals surface area contributed by atoms with Crippen molar-refractivity contribution in [3.05, 3.63) is 0 Å². The van der Waals surface area contributed by atoms with Crippen LogP contribution in [0.1, 0.15) is 25.7 Å². The molecular formula is C11H19NO3S. The van der Waals surface area contributed by atoms with Gasteiger partial charge in [0.2, 0.25) is 0 Å². The van der Waals surface area contributed by atoms with E-state index in [9.17, 15) is 13.2 Å². The van der Waals surface area contributed by atoms with Crippen LogP contribution < -0.4 is 0 Å². The summed E-state index contributed by atoms with van der Waals surface area (Å²) < 4.78 is 22.5. The van der Waals surface area contributed by atoms with Crippen LogP contribution in [0.2, 0.25) is 0 Å². The van der Waals surface area contributed by atoms with Crippen molar-refractivity contribution in [2.75, 3.05) is 31.1 Å². The summed E-state index contributed by atoms with van der Waals surface area (Å²) in [7, 11) is -2.82. The van der Waals surface area contributed by atoms with Crippen LogP contribution in [0.4, 0.5) is 0 Å². The lowest BCUT2D eigenvalue weighted by Gasteiger charge is -2.26. The van der Waals surface area contributed by atoms with Crippen molar-refractivity contribution in [2.24, 2.45) is 5.92 Å². The molecule has 0 aromatic heterocycles. The van der Waals surface area contributed by atoms with Gasteiger partial charge in [-0.15, -0.1) is 0 Å². The number of sulfone groups is 1. The highest BCUT2D eigenvalue weighted by Gasteiger charge is 2.27. The standard InChI is InChI=1S/C11H19NO3S/c13-11(10-3-1-2-4-10)9-12-5-7-16(14,15)8-6-12/h10H,1-9H2. The first-order valence-corrected chi connectivity index (χ1v) is 7.84. The maximum absolute atomic E-state index is 11.9. The quantitative estimate of drug-likeness (QED) is 0.725. The van der Waals surface area contributed by atoms with Gasteiger partial charge in [0.1, 0.15) is 5.78 Å². The molecule has 1 aliphatic heterocycles. The highest BCUT2D eigenvalue weighted by molar-refractivity contribution is 7.91. The van der Waals surface area contributed by atoms with Gasteiger partial charge in [-0.2, -0.15) is 0 Å². The van der Waals surface area contributed by atoms with Gasteiger partial charge in [0, 0.05) is 19.0 Å². The van der Waals surface area contributed by atoms with Crippen molar-refractivity contribution in [1.29, 1.82) is 0 Å². The molecule has 2 fully saturated rings. The fourth-order valence-electron chi connectivity index (χ4n) is 2.51. The molecule has 0 atom stereocenters. The van der Waals surface area contributed by atoms with E-state index in [4.69, 9.17) is 0 Å². The summed E-state index contributed by atoms with van der Waals surface area (Å²) in [6, 6.07) is 0. The summed E-state index contributed by atoms with van der Waals surface area (Å²) in [5.41, 5.74) is 0. The van der Waals surface area contributed by atoms with Gasteiger partial charge in [-0.05, 0) is 12.8 Å². The molecule has 2 rings (SSSR count). The Hall–Kier alpha value is -0.420. The number of rotatable bonds is 3. The summed E-state index contributed by atoms with van der Waals surface area (Å²) in [4.78, 5) is 13.9. The second-order valence-corrected chi connectivity index (χ2v) is 7.18. The molecule has 2 aliphatic rings. The largest absolute Gasteiger partial charge is 0.298 e. The minimum atomic E-state index is -2.82. The van der Waals surface area contributed by atoms with Crippen LogP contribution in [-0.4, -0.2) is 50.2 Å². The van der Waals surface area contributed by atoms with Gasteiger partial charge in [0.05, 0.1) is 18.1 Å². The van der Waals surface area contributed by atoms with Gasteiger partial charge in [-0.3, -0.25) is 9.69 Å². The molecule has 1 heterocycles. The van der Waals surface area contributed by atoms with Crippen molar-refractivity contribution >= 4 is 15.6 Å². The molecule has 1 saturated carbocycles. The summed E-state index contributed by atoms with van der Waals surface area (Å²) in [6.45, 7) is 1.52. The predicted octanol–water partition coefficient (Wildman–Crippen LogP) is 0.476. The fraction of sp³-hybridized carbons (Fsp3) is 0.909. The molecule has 0 radical (unpaired) electrons. The molecule has 0 aromatic carbocycles. The minimum Gasteiger partial charge on any atom is -0.298 e. The Kier molecular flexibility index (Phi) is 3.64. The van der Waals surface area contributed by atoms with Gasteiger partial charge in [0.25, 0.3) is 0 Å². The van der Waals surface area contributed by atoms with Gasteiger partial charge in [0.15, 0.2) is 9.84 Å². The van der Waals surface area contributed by atoms with Crippen molar-refractivity contribution in [1.82, 2.24) is 4.90 Å². The molecule has 0 unspecified atom stereocenters. The third-order valence-corrected chi connectivity index (χ3v) is 5.24. The zero-order valence-corrected chi connectivity index (χ0v) is 10.3. The normalized spacial score (nSPS) is 27.0. The smallest absolute Gasteiger partial charge is 0.152 e. The molecule has 0 amide bonds. The highest BCUT2D eigenvalue weighted by atomic mass is 32.2. The van der Waals surface area contributed by atoms with Crippen LogP contribution in [0.25, 0.3) is 0 Å². The summed E-state index contributed by atoms with van der Waals surface area (Å²) in [5.74, 6) is 0.992. The number of carbonyl (C=O) groups is 1. The lowest BCUT2D eigenvalue weighted by atomic mass is 10.0. The monoisotopic (exact) mass is 245 g/mol. The highest BCUT2D eigenvalue weighted by Crippen LogP contribution is 2.25. The van der Waals surface area contributed by atoms with E-state index >= 15 is 0 Å². The van der Waals surface area contributed by atoms with Crippen LogP contribution in [0.3, 0.4) is 0 Å². The molecule has 92 valence electrons. The Labute approximate surface area is 96.9 Å². The predicted molar refractivity (Wildman–Crippen MR) is 62.1 cm³/mol. The number of hydrogen-bond donors (Lipinski definition) is 0. The van der Waals surface area contributed by atoms with Crippen LogP contribution in [-0.2, 0) is 14.6 Å². The lowest BCUT2D eigenvalue weighted by Crippen LogP contribution is -2.43. The molecule has 1 aliphatic carbocycles. The molecule has 16 heavy (non-hydrogen) atoms. The van der Waals surface area contributed by atoms with Crippen LogP contribution in [0, 0.1) is 5.92 Å². The van der Waals surface area contributed by atoms with E-state index < -0.39 is 9.84 Å². The van der Waals surface area contributed by atoms with Crippen LogP contribution >= 0.6 is 0 Å². The second kappa shape index (κ2) is 4.84. The number of hydrogen-bond acceptors (Lipinski definition) is 4. The van der Waals surface area contributed by atoms with Crippen LogP contribution in [0.5, 0.6) is 0 Å². The third-order valence-electron chi connectivity index (χ3n) is 3.63. The number of Topliss-reactive ketones (excluding diaryl/α,β-unsaturated/α-hetero) is 1. The first kappa shape index (κ1) is 12.0. The minimum absolute atomic E-state index is 0.213. The zero-order valence-electron chi connectivity index (χ0n) is 9.52. The molecule has 4 nitrogen and oxygen atoms in total. The first-order chi connectivity index (χ1) is 7.57. The molecule has 5 heteroatoms. The molecular weight excluding hydrogens is 226 g/mol. The van der Waals surface area contributed by atoms with Crippen molar-refractivity contribution in [2.45, 2.75) is 25.7 Å². The maximum atomic E-state index is 11.9. The third kappa shape index (κ3) is 3.04. The zero-order chi connectivity index (χ0) is 11.6. The summed E-state index contributed by atoms with van der Waals surface area (Å²) in [5, 5.41) is 0. The van der Waals surface area contributed by atoms with Gasteiger partial charge in [-0.1, -0.05) is 12.8 Å². The SMILES string of the molecule is O=C(CN1CCS(=O)(=O)CC1)C1CCCC1. The summed E-state index contributed by atoms with van der Waals surface area (Å²) in [6.07, 6.45) is 4.41. The average Bonchev–Trinajstić information content (AvgIpc) is 2.74. The van der Waals surface area contributed by atoms with Crippen molar-refractivity contribution < 1.29 is 13.2 Å². The molecule has 0 spiro atoms. The van der Waals surface area contributed by atoms with E-state index in [-0.39, 0.29) is 17.4 Å². The molecule has 0 bridgehead atoms. The van der Waals surface area contributed by atoms with Crippen LogP contribution in [0.15, 0.2) is 0 Å². The number of carbonyl (C=O) groups excluding carboxylic acids is 1. The summed E-state index contributed by atoms with van der Waals surface area (Å²) >= 11 is 0. The maximum Gasteiger partial charge on any atom is 0.152 e. The molecule has 0 N–H and O–H groups in total. The van der Waals surface area contributed by atoms with E-state index in [0.29, 0.717) is 25.4 Å². The van der Waals surface area contributed by atoms with Crippen molar-refractivity contribution in [3.63, 3.8) is 0 Å². The number of nitrogens with zero attached hydrogens (tertiary/aromatic N) is 1. The Bertz CT molecular complexity index is 343. The Morgan fingerprint density at radius 2 is 1.69 bits per heavy atom. The fourth-order valence-corrected chi connectivity index (χ4v) is 3.78. The van der Waals surface area contributed by atoms with E-state index in [0.717, 1.165) is 12.8 Å². The topological polar surface area (TPSA) is 54.5 Å².